The van der Waals surface area contributed by atoms with Crippen molar-refractivity contribution in [1.29, 1.82) is 0 Å². The summed E-state index contributed by atoms with van der Waals surface area (Å²) in [5.74, 6) is 3.72. The van der Waals surface area contributed by atoms with Crippen molar-refractivity contribution in [3.05, 3.63) is 24.3 Å². The van der Waals surface area contributed by atoms with Gasteiger partial charge in [0, 0.05) is 6.54 Å². The summed E-state index contributed by atoms with van der Waals surface area (Å²) in [5, 5.41) is 19.7. The van der Waals surface area contributed by atoms with Gasteiger partial charge in [-0.05, 0) is 45.0 Å². The number of ether oxygens (including phenoxy) is 3. The van der Waals surface area contributed by atoms with Gasteiger partial charge in [0.2, 0.25) is 10.0 Å². The number of hydrogen-bond donors (Lipinski definition) is 3. The molecule has 3 N–H and O–H groups in total. The van der Waals surface area contributed by atoms with E-state index in [9.17, 15) is 23.5 Å². The normalized spacial score (nSPS) is 28.2. The van der Waals surface area contributed by atoms with E-state index in [-0.39, 0.29) is 11.5 Å². The van der Waals surface area contributed by atoms with Crippen molar-refractivity contribution < 1.29 is 37.7 Å². The van der Waals surface area contributed by atoms with Crippen molar-refractivity contribution in [3.63, 3.8) is 0 Å². The number of carbonyl (C=O) groups is 1. The lowest BCUT2D eigenvalue weighted by molar-refractivity contribution is -0.155. The summed E-state index contributed by atoms with van der Waals surface area (Å²) < 4.78 is 44.1. The minimum atomic E-state index is -4.23. The van der Waals surface area contributed by atoms with Crippen LogP contribution in [0, 0.1) is 11.8 Å². The van der Waals surface area contributed by atoms with Gasteiger partial charge in [0.1, 0.15) is 30.6 Å². The molecule has 4 atom stereocenters. The standard InChI is InChI=1S/C19H24N2O8S/c1-4-5-10-27-12-6-8-13(9-7-12)30(25,26)21-11-14(22)16-17(15(21)18(23)20-24)29-19(2,3)28-16/h6-9,14-17,22,24H,10-11H2,1-3H3,(H,20,23)/t14-,15-,16-,17-/m1/s1. The molecule has 164 valence electrons. The smallest absolute Gasteiger partial charge is 0.264 e. The zero-order valence-electron chi connectivity index (χ0n) is 16.7. The Morgan fingerprint density at radius 2 is 1.93 bits per heavy atom. The summed E-state index contributed by atoms with van der Waals surface area (Å²) in [4.78, 5) is 12.3. The fourth-order valence-corrected chi connectivity index (χ4v) is 5.17. The zero-order valence-corrected chi connectivity index (χ0v) is 17.5. The molecule has 0 saturated carbocycles. The Balaban J connectivity index is 1.92. The number of amides is 1. The lowest BCUT2D eigenvalue weighted by Gasteiger charge is -2.40. The van der Waals surface area contributed by atoms with Crippen LogP contribution in [0.1, 0.15) is 20.8 Å². The third-order valence-electron chi connectivity index (χ3n) is 4.83. The monoisotopic (exact) mass is 440 g/mol. The number of nitrogens with one attached hydrogen (secondary N) is 1. The van der Waals surface area contributed by atoms with Crippen LogP contribution in [0.15, 0.2) is 29.2 Å². The maximum Gasteiger partial charge on any atom is 0.264 e. The quantitative estimate of drug-likeness (QED) is 0.327. The van der Waals surface area contributed by atoms with Crippen molar-refractivity contribution in [3.8, 4) is 17.6 Å². The molecule has 10 nitrogen and oxygen atoms in total. The van der Waals surface area contributed by atoms with E-state index in [2.05, 4.69) is 11.8 Å². The van der Waals surface area contributed by atoms with Gasteiger partial charge in [0.25, 0.3) is 5.91 Å². The second kappa shape index (κ2) is 8.50. The Kier molecular flexibility index (Phi) is 6.37. The number of piperidine rings is 1. The highest BCUT2D eigenvalue weighted by atomic mass is 32.2. The van der Waals surface area contributed by atoms with E-state index in [1.54, 1.807) is 20.8 Å². The topological polar surface area (TPSA) is 135 Å². The van der Waals surface area contributed by atoms with E-state index in [0.717, 1.165) is 4.31 Å². The number of nitrogens with zero attached hydrogens (tertiary/aromatic N) is 1. The second-order valence-corrected chi connectivity index (χ2v) is 9.21. The summed E-state index contributed by atoms with van der Waals surface area (Å²) >= 11 is 0. The number of aliphatic hydroxyl groups is 1. The number of benzene rings is 1. The van der Waals surface area contributed by atoms with Gasteiger partial charge in [-0.2, -0.15) is 4.31 Å². The molecule has 3 rings (SSSR count). The summed E-state index contributed by atoms with van der Waals surface area (Å²) in [5.41, 5.74) is 1.49. The predicted molar refractivity (Wildman–Crippen MR) is 103 cm³/mol. The van der Waals surface area contributed by atoms with Gasteiger partial charge in [0.05, 0.1) is 11.0 Å². The number of rotatable bonds is 5. The maximum atomic E-state index is 13.3. The van der Waals surface area contributed by atoms with Crippen molar-refractivity contribution in [2.45, 2.75) is 55.8 Å². The molecule has 0 aromatic heterocycles. The molecule has 30 heavy (non-hydrogen) atoms. The molecule has 1 aromatic rings. The van der Waals surface area contributed by atoms with Gasteiger partial charge in [-0.25, -0.2) is 13.9 Å². The maximum absolute atomic E-state index is 13.3. The number of hydroxylamine groups is 1. The number of sulfonamides is 1. The van der Waals surface area contributed by atoms with Crippen LogP contribution in [0.3, 0.4) is 0 Å². The minimum absolute atomic E-state index is 0.115. The van der Waals surface area contributed by atoms with E-state index in [1.165, 1.54) is 29.7 Å². The van der Waals surface area contributed by atoms with Gasteiger partial charge in [-0.15, -0.1) is 5.92 Å². The lowest BCUT2D eigenvalue weighted by Crippen LogP contribution is -2.65. The lowest BCUT2D eigenvalue weighted by atomic mass is 9.96. The first-order valence-electron chi connectivity index (χ1n) is 9.22. The van der Waals surface area contributed by atoms with Gasteiger partial charge in [-0.1, -0.05) is 5.92 Å². The first kappa shape index (κ1) is 22.5. The van der Waals surface area contributed by atoms with E-state index in [1.807, 2.05) is 0 Å². The van der Waals surface area contributed by atoms with Crippen molar-refractivity contribution >= 4 is 15.9 Å². The summed E-state index contributed by atoms with van der Waals surface area (Å²) in [7, 11) is -4.23. The largest absolute Gasteiger partial charge is 0.481 e. The Hall–Kier alpha value is -2.20. The van der Waals surface area contributed by atoms with Crippen LogP contribution in [-0.4, -0.2) is 72.2 Å². The predicted octanol–water partition coefficient (Wildman–Crippen LogP) is -0.152. The van der Waals surface area contributed by atoms with E-state index in [0.29, 0.717) is 5.75 Å². The highest BCUT2D eigenvalue weighted by Gasteiger charge is 2.58. The molecule has 2 saturated heterocycles. The van der Waals surface area contributed by atoms with Gasteiger partial charge < -0.3 is 19.3 Å². The second-order valence-electron chi connectivity index (χ2n) is 7.31. The Morgan fingerprint density at radius 1 is 1.30 bits per heavy atom. The molecular formula is C19H24N2O8S. The molecule has 0 radical (unpaired) electrons. The molecule has 0 aliphatic carbocycles. The minimum Gasteiger partial charge on any atom is -0.481 e. The molecular weight excluding hydrogens is 416 g/mol. The third kappa shape index (κ3) is 4.29. The number of β-amino-alcohol motifs (C(OH)–C–C–N with tert-alkyl or cyclic N) is 1. The molecule has 0 bridgehead atoms. The van der Waals surface area contributed by atoms with Crippen LogP contribution in [0.4, 0.5) is 0 Å². The van der Waals surface area contributed by atoms with Crippen LogP contribution < -0.4 is 10.2 Å². The molecule has 11 heteroatoms. The van der Waals surface area contributed by atoms with Crippen molar-refractivity contribution in [2.24, 2.45) is 0 Å². The SMILES string of the molecule is CC#CCOc1ccc(S(=O)(=O)N2C[C@@H](O)[C@H]3OC(C)(C)O[C@@H]3[C@@H]2C(=O)NO)cc1. The van der Waals surface area contributed by atoms with Gasteiger partial charge in [0.15, 0.2) is 5.79 Å². The summed E-state index contributed by atoms with van der Waals surface area (Å²) in [6.45, 7) is 4.61. The molecule has 1 aromatic carbocycles. The number of aliphatic hydroxyl groups excluding tert-OH is 1. The average Bonchev–Trinajstić information content (AvgIpc) is 3.03. The van der Waals surface area contributed by atoms with E-state index < -0.39 is 52.6 Å². The van der Waals surface area contributed by atoms with Crippen molar-refractivity contribution in [1.82, 2.24) is 9.79 Å². The summed E-state index contributed by atoms with van der Waals surface area (Å²) in [6, 6.07) is 4.14. The van der Waals surface area contributed by atoms with Crippen LogP contribution in [-0.2, 0) is 24.3 Å². The first-order valence-corrected chi connectivity index (χ1v) is 10.7. The van der Waals surface area contributed by atoms with Gasteiger partial charge in [-0.3, -0.25) is 10.0 Å². The highest BCUT2D eigenvalue weighted by molar-refractivity contribution is 7.89. The number of fused-ring (bicyclic) bond motifs is 1. The zero-order chi connectivity index (χ0) is 22.1. The Labute approximate surface area is 174 Å². The van der Waals surface area contributed by atoms with E-state index >= 15 is 0 Å². The fourth-order valence-electron chi connectivity index (χ4n) is 3.55. The number of hydrogen-bond acceptors (Lipinski definition) is 8. The third-order valence-corrected chi connectivity index (χ3v) is 6.69. The molecule has 2 fully saturated rings. The number of carbonyl (C=O) groups excluding carboxylic acids is 1. The first-order chi connectivity index (χ1) is 14.1. The molecule has 2 heterocycles. The Bertz CT molecular complexity index is 951. The van der Waals surface area contributed by atoms with Crippen LogP contribution in [0.2, 0.25) is 0 Å². The molecule has 0 unspecified atom stereocenters. The Morgan fingerprint density at radius 3 is 2.53 bits per heavy atom. The van der Waals surface area contributed by atoms with Crippen molar-refractivity contribution in [2.75, 3.05) is 13.2 Å². The van der Waals surface area contributed by atoms with Crippen LogP contribution in [0.5, 0.6) is 5.75 Å². The summed E-state index contributed by atoms with van der Waals surface area (Å²) in [6.07, 6.45) is -3.27. The molecule has 1 amide bonds. The van der Waals surface area contributed by atoms with Gasteiger partial charge >= 0.3 is 0 Å². The average molecular weight is 440 g/mol. The van der Waals surface area contributed by atoms with E-state index in [4.69, 9.17) is 14.2 Å². The van der Waals surface area contributed by atoms with Crippen LogP contribution in [0.25, 0.3) is 0 Å². The molecule has 2 aliphatic rings. The molecule has 0 spiro atoms. The molecule has 2 aliphatic heterocycles. The highest BCUT2D eigenvalue weighted by Crippen LogP contribution is 2.38. The van der Waals surface area contributed by atoms with Crippen LogP contribution >= 0.6 is 0 Å². The fraction of sp³-hybridized carbons (Fsp3) is 0.526.